The molecule has 0 aliphatic heterocycles. The Hall–Kier alpha value is -2.10. The van der Waals surface area contributed by atoms with E-state index in [1.54, 1.807) is 36.4 Å². The summed E-state index contributed by atoms with van der Waals surface area (Å²) in [6, 6.07) is 12.2. The van der Waals surface area contributed by atoms with Gasteiger partial charge in [-0.3, -0.25) is 9.59 Å². The number of benzene rings is 1. The largest absolute Gasteiger partial charge is 0.452 e. The van der Waals surface area contributed by atoms with Crippen LogP contribution < -0.4 is 10.9 Å². The minimum Gasteiger partial charge on any atom is -0.452 e. The van der Waals surface area contributed by atoms with Crippen LogP contribution in [0, 0.1) is 0 Å². The lowest BCUT2D eigenvalue weighted by molar-refractivity contribution is 0.616. The first kappa shape index (κ1) is 13.9. The fourth-order valence-corrected chi connectivity index (χ4v) is 2.58. The Labute approximate surface area is 129 Å². The Morgan fingerprint density at radius 2 is 1.48 bits per heavy atom. The molecule has 1 aromatic heterocycles. The lowest BCUT2D eigenvalue weighted by atomic mass is 10.1. The van der Waals surface area contributed by atoms with Gasteiger partial charge in [0.25, 0.3) is 0 Å². The van der Waals surface area contributed by atoms with Crippen LogP contribution in [0.4, 0.5) is 0 Å². The van der Waals surface area contributed by atoms with Crippen molar-refractivity contribution in [2.75, 3.05) is 0 Å². The van der Waals surface area contributed by atoms with Crippen LogP contribution in [0.3, 0.4) is 0 Å². The highest BCUT2D eigenvalue weighted by Gasteiger charge is 2.09. The van der Waals surface area contributed by atoms with Gasteiger partial charge in [-0.15, -0.1) is 0 Å². The molecule has 0 aliphatic carbocycles. The van der Waals surface area contributed by atoms with Crippen molar-refractivity contribution in [1.29, 1.82) is 0 Å². The predicted octanol–water partition coefficient (Wildman–Crippen LogP) is 4.13. The second-order valence-corrected chi connectivity index (χ2v) is 5.33. The third-order valence-corrected chi connectivity index (χ3v) is 3.41. The van der Waals surface area contributed by atoms with E-state index in [2.05, 4.69) is 0 Å². The summed E-state index contributed by atoms with van der Waals surface area (Å²) in [5.41, 5.74) is -0.103. The summed E-state index contributed by atoms with van der Waals surface area (Å²) in [7, 11) is 0. The van der Waals surface area contributed by atoms with Crippen LogP contribution in [0.2, 0.25) is 10.0 Å². The van der Waals surface area contributed by atoms with Gasteiger partial charge in [-0.05, 0) is 30.3 Å². The average Bonchev–Trinajstić information content (AvgIpc) is 2.60. The van der Waals surface area contributed by atoms with Crippen LogP contribution in [0.1, 0.15) is 0 Å². The highest BCUT2D eigenvalue weighted by molar-refractivity contribution is 6.35. The van der Waals surface area contributed by atoms with Gasteiger partial charge in [0.15, 0.2) is 11.0 Å². The van der Waals surface area contributed by atoms with Crippen molar-refractivity contribution >= 4 is 34.2 Å². The van der Waals surface area contributed by atoms with Crippen molar-refractivity contribution in [1.82, 2.24) is 0 Å². The maximum Gasteiger partial charge on any atom is 0.221 e. The minimum atomic E-state index is -0.359. The van der Waals surface area contributed by atoms with E-state index < -0.39 is 0 Å². The summed E-state index contributed by atoms with van der Waals surface area (Å²) in [6.45, 7) is 0. The van der Waals surface area contributed by atoms with Crippen LogP contribution in [-0.2, 0) is 0 Å². The van der Waals surface area contributed by atoms with Crippen LogP contribution >= 0.6 is 23.2 Å². The fraction of sp³-hybridized carbons (Fsp3) is 0. The third-order valence-electron chi connectivity index (χ3n) is 2.98. The number of hydrogen-bond donors (Lipinski definition) is 0. The van der Waals surface area contributed by atoms with Crippen LogP contribution in [-0.4, -0.2) is 0 Å². The third kappa shape index (κ3) is 2.71. The number of rotatable bonds is 1. The van der Waals surface area contributed by atoms with Gasteiger partial charge >= 0.3 is 0 Å². The zero-order chi connectivity index (χ0) is 15.0. The standard InChI is InChI=1S/C16H8Cl2O3/c17-10-5-9(6-11(18)7-10)15-8-14(20)12-3-1-2-4-13(19)16(12)21-15/h1-8H. The molecule has 3 nitrogen and oxygen atoms in total. The summed E-state index contributed by atoms with van der Waals surface area (Å²) < 4.78 is 5.60. The van der Waals surface area contributed by atoms with Gasteiger partial charge in [-0.2, -0.15) is 0 Å². The molecule has 21 heavy (non-hydrogen) atoms. The monoisotopic (exact) mass is 318 g/mol. The lowest BCUT2D eigenvalue weighted by Gasteiger charge is -2.03. The van der Waals surface area contributed by atoms with Crippen LogP contribution in [0.25, 0.3) is 22.3 Å². The first-order valence-electron chi connectivity index (χ1n) is 6.08. The molecule has 104 valence electrons. The van der Waals surface area contributed by atoms with Gasteiger partial charge in [0.2, 0.25) is 5.43 Å². The van der Waals surface area contributed by atoms with Crippen molar-refractivity contribution in [3.63, 3.8) is 0 Å². The lowest BCUT2D eigenvalue weighted by Crippen LogP contribution is -2.05. The molecule has 0 bridgehead atoms. The summed E-state index contributed by atoms with van der Waals surface area (Å²) in [4.78, 5) is 24.1. The first-order valence-corrected chi connectivity index (χ1v) is 6.84. The maximum atomic E-state index is 12.2. The fourth-order valence-electron chi connectivity index (χ4n) is 2.05. The van der Waals surface area contributed by atoms with Gasteiger partial charge in [0.1, 0.15) is 5.76 Å². The van der Waals surface area contributed by atoms with Crippen LogP contribution in [0.5, 0.6) is 0 Å². The quantitative estimate of drug-likeness (QED) is 0.677. The van der Waals surface area contributed by atoms with Gasteiger partial charge in [0, 0.05) is 21.7 Å². The second kappa shape index (κ2) is 5.35. The molecule has 3 rings (SSSR count). The molecule has 0 N–H and O–H groups in total. The molecule has 0 spiro atoms. The minimum absolute atomic E-state index is 0.0126. The van der Waals surface area contributed by atoms with E-state index in [9.17, 15) is 9.59 Å². The van der Waals surface area contributed by atoms with Crippen molar-refractivity contribution in [2.24, 2.45) is 0 Å². The molecule has 0 fully saturated rings. The molecule has 5 heteroatoms. The first-order chi connectivity index (χ1) is 10.0. The van der Waals surface area contributed by atoms with Gasteiger partial charge in [-0.25, -0.2) is 0 Å². The van der Waals surface area contributed by atoms with Gasteiger partial charge < -0.3 is 4.42 Å². The molecule has 3 aromatic rings. The average molecular weight is 319 g/mol. The highest BCUT2D eigenvalue weighted by atomic mass is 35.5. The predicted molar refractivity (Wildman–Crippen MR) is 84.2 cm³/mol. The Morgan fingerprint density at radius 3 is 2.19 bits per heavy atom. The molecular formula is C16H8Cl2O3. The molecule has 1 heterocycles. The molecule has 0 radical (unpaired) electrons. The van der Waals surface area contributed by atoms with E-state index in [0.717, 1.165) is 0 Å². The maximum absolute atomic E-state index is 12.2. The van der Waals surface area contributed by atoms with E-state index in [4.69, 9.17) is 27.6 Å². The summed E-state index contributed by atoms with van der Waals surface area (Å²) in [6.07, 6.45) is 0. The summed E-state index contributed by atoms with van der Waals surface area (Å²) in [5, 5.41) is 1.07. The van der Waals surface area contributed by atoms with E-state index in [1.165, 1.54) is 12.1 Å². The molecule has 0 saturated carbocycles. The Morgan fingerprint density at radius 1 is 0.810 bits per heavy atom. The highest BCUT2D eigenvalue weighted by Crippen LogP contribution is 2.27. The second-order valence-electron chi connectivity index (χ2n) is 4.46. The normalized spacial score (nSPS) is 10.8. The molecule has 0 amide bonds. The van der Waals surface area contributed by atoms with Gasteiger partial charge in [-0.1, -0.05) is 35.3 Å². The summed E-state index contributed by atoms with van der Waals surface area (Å²) >= 11 is 11.9. The van der Waals surface area contributed by atoms with Gasteiger partial charge in [0.05, 0.1) is 5.39 Å². The van der Waals surface area contributed by atoms with Crippen molar-refractivity contribution in [3.05, 3.63) is 79.0 Å². The number of halogens is 2. The SMILES string of the molecule is O=c1cc(-c2cc(Cl)cc(Cl)c2)oc2c(=O)ccccc12. The van der Waals surface area contributed by atoms with Crippen molar-refractivity contribution < 1.29 is 4.42 Å². The Kier molecular flexibility index (Phi) is 3.53. The van der Waals surface area contributed by atoms with E-state index in [-0.39, 0.29) is 27.6 Å². The molecule has 0 atom stereocenters. The van der Waals surface area contributed by atoms with Crippen LogP contribution in [0.15, 0.2) is 62.5 Å². The molecule has 0 unspecified atom stereocenters. The molecule has 0 aliphatic rings. The van der Waals surface area contributed by atoms with E-state index in [1.807, 2.05) is 0 Å². The zero-order valence-corrected chi connectivity index (χ0v) is 12.1. The number of fused-ring (bicyclic) bond motifs is 1. The van der Waals surface area contributed by atoms with Crippen molar-refractivity contribution in [3.8, 4) is 11.3 Å². The molecule has 2 aromatic carbocycles. The molecule has 0 saturated heterocycles. The van der Waals surface area contributed by atoms with Crippen molar-refractivity contribution in [2.45, 2.75) is 0 Å². The Balaban J connectivity index is 2.38. The zero-order valence-electron chi connectivity index (χ0n) is 10.6. The van der Waals surface area contributed by atoms with E-state index in [0.29, 0.717) is 15.6 Å². The summed E-state index contributed by atoms with van der Waals surface area (Å²) in [5.74, 6) is 0.250. The number of hydrogen-bond acceptors (Lipinski definition) is 3. The van der Waals surface area contributed by atoms with E-state index >= 15 is 0 Å². The topological polar surface area (TPSA) is 47.3 Å². The smallest absolute Gasteiger partial charge is 0.221 e. The molecular weight excluding hydrogens is 311 g/mol. The Bertz CT molecular complexity index is 941.